The fraction of sp³-hybridized carbons (Fsp3) is 0.298. The summed E-state index contributed by atoms with van der Waals surface area (Å²) in [6.45, 7) is 12.3. The van der Waals surface area contributed by atoms with Crippen LogP contribution in [0.4, 0.5) is 11.4 Å². The molecule has 5 aliphatic carbocycles. The highest BCUT2D eigenvalue weighted by molar-refractivity contribution is 6.06. The number of para-hydroxylation sites is 1. The minimum absolute atomic E-state index is 0.0932. The van der Waals surface area contributed by atoms with Crippen LogP contribution in [0.25, 0.3) is 44.2 Å². The zero-order valence-corrected chi connectivity index (χ0v) is 35.1. The van der Waals surface area contributed by atoms with E-state index in [4.69, 9.17) is 4.42 Å². The summed E-state index contributed by atoms with van der Waals surface area (Å²) in [5, 5.41) is 2.31. The van der Waals surface area contributed by atoms with Crippen LogP contribution < -0.4 is 4.90 Å². The van der Waals surface area contributed by atoms with Crippen molar-refractivity contribution in [2.24, 2.45) is 23.7 Å². The number of rotatable bonds is 4. The van der Waals surface area contributed by atoms with Gasteiger partial charge in [-0.05, 0) is 142 Å². The fourth-order valence-electron chi connectivity index (χ4n) is 13.5. The largest absolute Gasteiger partial charge is 0.456 e. The van der Waals surface area contributed by atoms with Gasteiger partial charge in [-0.3, -0.25) is 0 Å². The molecule has 2 fully saturated rings. The Balaban J connectivity index is 0.980. The zero-order chi connectivity index (χ0) is 39.8. The van der Waals surface area contributed by atoms with Crippen molar-refractivity contribution in [1.82, 2.24) is 0 Å². The first-order valence-electron chi connectivity index (χ1n) is 22.2. The van der Waals surface area contributed by atoms with Crippen molar-refractivity contribution >= 4 is 33.3 Å². The fourth-order valence-corrected chi connectivity index (χ4v) is 13.5. The predicted molar refractivity (Wildman–Crippen MR) is 245 cm³/mol. The lowest BCUT2D eigenvalue weighted by atomic mass is 9.49. The van der Waals surface area contributed by atoms with E-state index in [0.29, 0.717) is 11.8 Å². The van der Waals surface area contributed by atoms with Gasteiger partial charge < -0.3 is 9.32 Å². The summed E-state index contributed by atoms with van der Waals surface area (Å²) in [6, 6.07) is 48.1. The highest BCUT2D eigenvalue weighted by atomic mass is 16.3. The molecule has 1 spiro atoms. The van der Waals surface area contributed by atoms with Crippen LogP contribution in [0.15, 0.2) is 156 Å². The van der Waals surface area contributed by atoms with Crippen LogP contribution in [0.5, 0.6) is 0 Å². The third-order valence-corrected chi connectivity index (χ3v) is 16.0. The average molecular weight is 768 g/mol. The van der Waals surface area contributed by atoms with E-state index in [0.717, 1.165) is 45.9 Å². The molecule has 59 heavy (non-hydrogen) atoms. The molecule has 2 heteroatoms. The lowest BCUT2D eigenvalue weighted by Crippen LogP contribution is -2.49. The number of hydrogen-bond donors (Lipinski definition) is 0. The Labute approximate surface area is 349 Å². The molecular formula is C57H53NO. The summed E-state index contributed by atoms with van der Waals surface area (Å²) in [5.74, 6) is 2.99. The van der Waals surface area contributed by atoms with E-state index in [1.54, 1.807) is 11.1 Å². The SMILES string of the molecule is CC1CC2CC(C)C3(c4ccccc4-c4c(C5(C)C=CC(N(c6ccc7c(c6)C(C)(C)c6ccccc6-7)c6ccc7c(c6)oc6ccccc67)=CC5)cccc43)C(C1)C2. The maximum absolute atomic E-state index is 6.50. The van der Waals surface area contributed by atoms with E-state index in [9.17, 15) is 0 Å². The molecule has 5 aliphatic rings. The Bertz CT molecular complexity index is 2930. The minimum atomic E-state index is -0.163. The van der Waals surface area contributed by atoms with Crippen molar-refractivity contribution in [3.05, 3.63) is 179 Å². The Morgan fingerprint density at radius 1 is 0.576 bits per heavy atom. The molecule has 12 rings (SSSR count). The van der Waals surface area contributed by atoms with Crippen molar-refractivity contribution in [2.45, 2.75) is 83.0 Å². The van der Waals surface area contributed by atoms with Crippen LogP contribution in [0.2, 0.25) is 0 Å². The number of nitrogens with zero attached hydrogens (tertiary/aromatic N) is 1. The molecule has 0 saturated heterocycles. The van der Waals surface area contributed by atoms with Crippen molar-refractivity contribution in [1.29, 1.82) is 0 Å². The number of hydrogen-bond acceptors (Lipinski definition) is 2. The third kappa shape index (κ3) is 4.87. The lowest BCUT2D eigenvalue weighted by Gasteiger charge is -2.54. The van der Waals surface area contributed by atoms with Crippen LogP contribution in [-0.4, -0.2) is 0 Å². The summed E-state index contributed by atoms with van der Waals surface area (Å²) < 4.78 is 6.50. The Morgan fingerprint density at radius 3 is 2.12 bits per heavy atom. The first-order valence-corrected chi connectivity index (χ1v) is 22.2. The number of fused-ring (bicyclic) bond motifs is 14. The monoisotopic (exact) mass is 767 g/mol. The first-order chi connectivity index (χ1) is 28.6. The second kappa shape index (κ2) is 12.5. The molecule has 6 aromatic carbocycles. The van der Waals surface area contributed by atoms with E-state index in [1.165, 1.54) is 76.0 Å². The predicted octanol–water partition coefficient (Wildman–Crippen LogP) is 15.2. The molecule has 0 amide bonds. The molecule has 1 heterocycles. The molecule has 1 aromatic heterocycles. The second-order valence-corrected chi connectivity index (χ2v) is 19.8. The van der Waals surface area contributed by atoms with E-state index >= 15 is 0 Å². The van der Waals surface area contributed by atoms with Gasteiger partial charge in [-0.15, -0.1) is 0 Å². The molecule has 2 bridgehead atoms. The van der Waals surface area contributed by atoms with Crippen LogP contribution in [-0.2, 0) is 16.2 Å². The van der Waals surface area contributed by atoms with Gasteiger partial charge in [-0.25, -0.2) is 0 Å². The van der Waals surface area contributed by atoms with Crippen LogP contribution in [0.1, 0.15) is 94.5 Å². The average Bonchev–Trinajstić information content (AvgIpc) is 3.85. The van der Waals surface area contributed by atoms with E-state index < -0.39 is 0 Å². The number of allylic oxidation sites excluding steroid dienone is 3. The van der Waals surface area contributed by atoms with Gasteiger partial charge >= 0.3 is 0 Å². The van der Waals surface area contributed by atoms with Crippen molar-refractivity contribution in [2.75, 3.05) is 4.90 Å². The van der Waals surface area contributed by atoms with Gasteiger partial charge in [0.15, 0.2) is 0 Å². The topological polar surface area (TPSA) is 16.4 Å². The summed E-state index contributed by atoms with van der Waals surface area (Å²) in [6.07, 6.45) is 13.8. The van der Waals surface area contributed by atoms with Crippen LogP contribution in [0.3, 0.4) is 0 Å². The smallest absolute Gasteiger partial charge is 0.137 e. The van der Waals surface area contributed by atoms with Crippen molar-refractivity contribution in [3.8, 4) is 22.3 Å². The van der Waals surface area contributed by atoms with Gasteiger partial charge in [0.2, 0.25) is 0 Å². The lowest BCUT2D eigenvalue weighted by molar-refractivity contribution is 0.0426. The molecule has 0 N–H and O–H groups in total. The maximum Gasteiger partial charge on any atom is 0.137 e. The van der Waals surface area contributed by atoms with Gasteiger partial charge in [-0.2, -0.15) is 0 Å². The third-order valence-electron chi connectivity index (χ3n) is 16.0. The Morgan fingerprint density at radius 2 is 1.27 bits per heavy atom. The molecule has 2 nitrogen and oxygen atoms in total. The van der Waals surface area contributed by atoms with Gasteiger partial charge in [0.25, 0.3) is 0 Å². The van der Waals surface area contributed by atoms with E-state index in [-0.39, 0.29) is 16.2 Å². The minimum Gasteiger partial charge on any atom is -0.456 e. The normalized spacial score (nSPS) is 27.0. The molecule has 292 valence electrons. The highest BCUT2D eigenvalue weighted by Gasteiger charge is 2.57. The quantitative estimate of drug-likeness (QED) is 0.177. The van der Waals surface area contributed by atoms with Crippen molar-refractivity contribution in [3.63, 3.8) is 0 Å². The highest BCUT2D eigenvalue weighted by Crippen LogP contribution is 2.65. The second-order valence-electron chi connectivity index (χ2n) is 19.8. The maximum atomic E-state index is 6.50. The summed E-state index contributed by atoms with van der Waals surface area (Å²) in [5.41, 5.74) is 18.3. The standard InChI is InChI=1S/C57H53NO/c1-35-29-37-31-36(2)57(38(30-35)32-37)48-17-10-7-15-46(48)54-49(18-12-19-50(54)57)56(5)27-25-39(26-28-56)58(41-22-24-45-44-14-8-11-20-52(44)59-53(45)34-41)40-21-23-43-42-13-6-9-16-47(42)55(3,4)51(43)33-40/h6-27,33-38H,28-32H2,1-5H3. The molecule has 0 radical (unpaired) electrons. The molecule has 2 saturated carbocycles. The molecular weight excluding hydrogens is 715 g/mol. The molecule has 6 atom stereocenters. The summed E-state index contributed by atoms with van der Waals surface area (Å²) in [7, 11) is 0. The summed E-state index contributed by atoms with van der Waals surface area (Å²) >= 11 is 0. The number of anilines is 2. The zero-order valence-electron chi connectivity index (χ0n) is 35.1. The molecule has 7 aromatic rings. The molecule has 0 aliphatic heterocycles. The van der Waals surface area contributed by atoms with Crippen LogP contribution >= 0.6 is 0 Å². The Kier molecular flexibility index (Phi) is 7.47. The van der Waals surface area contributed by atoms with E-state index in [1.807, 2.05) is 0 Å². The molecule has 6 unspecified atom stereocenters. The van der Waals surface area contributed by atoms with Gasteiger partial charge in [-0.1, -0.05) is 138 Å². The summed E-state index contributed by atoms with van der Waals surface area (Å²) in [4.78, 5) is 2.46. The number of furan rings is 1. The van der Waals surface area contributed by atoms with Gasteiger partial charge in [0, 0.05) is 50.2 Å². The number of benzene rings is 6. The van der Waals surface area contributed by atoms with Gasteiger partial charge in [0.05, 0.1) is 0 Å². The van der Waals surface area contributed by atoms with Crippen molar-refractivity contribution < 1.29 is 4.42 Å². The first kappa shape index (κ1) is 35.4. The Hall–Kier alpha value is -5.60. The van der Waals surface area contributed by atoms with Gasteiger partial charge in [0.1, 0.15) is 11.2 Å². The van der Waals surface area contributed by atoms with E-state index in [2.05, 4.69) is 185 Å². The van der Waals surface area contributed by atoms with Crippen LogP contribution in [0, 0.1) is 23.7 Å².